The maximum absolute atomic E-state index is 11.7. The molecule has 0 spiro atoms. The largest absolute Gasteiger partial charge is 0.351 e. The highest BCUT2D eigenvalue weighted by molar-refractivity contribution is 9.09. The monoisotopic (exact) mass is 300 g/mol. The fourth-order valence-electron chi connectivity index (χ4n) is 1.28. The number of carbonyl (C=O) groups excluding carboxylic acids is 1. The molecule has 1 amide bonds. The number of rotatable bonds is 4. The van der Waals surface area contributed by atoms with E-state index in [1.54, 1.807) is 19.1 Å². The van der Waals surface area contributed by atoms with Crippen molar-refractivity contribution in [3.8, 4) is 0 Å². The Morgan fingerprint density at radius 2 is 2.24 bits per heavy atom. The minimum Gasteiger partial charge on any atom is -0.351 e. The third-order valence-electron chi connectivity index (χ3n) is 2.21. The molecule has 0 heterocycles. The molecule has 0 saturated carbocycles. The fourth-order valence-corrected chi connectivity index (χ4v) is 1.44. The van der Waals surface area contributed by atoms with Crippen LogP contribution in [0.15, 0.2) is 18.2 Å². The summed E-state index contributed by atoms with van der Waals surface area (Å²) in [5.74, 6) is -0.306. The summed E-state index contributed by atoms with van der Waals surface area (Å²) in [4.78, 5) is 22.1. The van der Waals surface area contributed by atoms with Crippen LogP contribution in [-0.2, 0) is 0 Å². The molecule has 0 aliphatic rings. The first kappa shape index (κ1) is 13.6. The zero-order valence-electron chi connectivity index (χ0n) is 9.57. The second-order valence-electron chi connectivity index (χ2n) is 3.75. The van der Waals surface area contributed by atoms with E-state index in [9.17, 15) is 14.9 Å². The van der Waals surface area contributed by atoms with Crippen molar-refractivity contribution in [2.75, 3.05) is 6.54 Å². The summed E-state index contributed by atoms with van der Waals surface area (Å²) in [5, 5.41) is 13.4. The van der Waals surface area contributed by atoms with Gasteiger partial charge < -0.3 is 5.32 Å². The number of nitrogens with one attached hydrogen (secondary N) is 1. The number of hydrogen-bond acceptors (Lipinski definition) is 3. The highest BCUT2D eigenvalue weighted by Gasteiger charge is 2.14. The average molecular weight is 301 g/mol. The lowest BCUT2D eigenvalue weighted by atomic mass is 10.1. The Balaban J connectivity index is 2.88. The molecule has 0 aromatic heterocycles. The van der Waals surface area contributed by atoms with Gasteiger partial charge in [-0.25, -0.2) is 0 Å². The van der Waals surface area contributed by atoms with Gasteiger partial charge in [0.2, 0.25) is 0 Å². The van der Waals surface area contributed by atoms with Crippen LogP contribution in [0.25, 0.3) is 0 Å². The molecule has 1 unspecified atom stereocenters. The predicted octanol–water partition coefficient (Wildman–Crippen LogP) is 2.42. The molecule has 1 rings (SSSR count). The van der Waals surface area contributed by atoms with Crippen molar-refractivity contribution in [1.82, 2.24) is 5.32 Å². The van der Waals surface area contributed by atoms with Crippen molar-refractivity contribution < 1.29 is 9.72 Å². The average Bonchev–Trinajstić information content (AvgIpc) is 2.26. The zero-order chi connectivity index (χ0) is 13.0. The van der Waals surface area contributed by atoms with Crippen molar-refractivity contribution in [2.45, 2.75) is 18.7 Å². The van der Waals surface area contributed by atoms with Gasteiger partial charge in [-0.05, 0) is 13.0 Å². The molecule has 0 bridgehead atoms. The third kappa shape index (κ3) is 3.81. The van der Waals surface area contributed by atoms with Crippen LogP contribution in [0, 0.1) is 17.0 Å². The standard InChI is InChI=1S/C11H13BrN2O3/c1-7-3-4-9(5-10(7)14(16)17)11(15)13-6-8(2)12/h3-5,8H,6H2,1-2H3,(H,13,15). The number of nitro groups is 1. The number of carbonyl (C=O) groups is 1. The Bertz CT molecular complexity index is 446. The molecule has 92 valence electrons. The smallest absolute Gasteiger partial charge is 0.273 e. The fraction of sp³-hybridized carbons (Fsp3) is 0.364. The molecule has 0 aliphatic heterocycles. The number of nitrogens with zero attached hydrogens (tertiary/aromatic N) is 1. The minimum absolute atomic E-state index is 0.0375. The molecule has 0 saturated heterocycles. The molecule has 17 heavy (non-hydrogen) atoms. The van der Waals surface area contributed by atoms with Crippen molar-refractivity contribution >= 4 is 27.5 Å². The number of halogens is 1. The molecular weight excluding hydrogens is 288 g/mol. The second kappa shape index (κ2) is 5.77. The minimum atomic E-state index is -0.487. The third-order valence-corrected chi connectivity index (χ3v) is 2.54. The molecule has 1 atom stereocenters. The summed E-state index contributed by atoms with van der Waals surface area (Å²) in [5.41, 5.74) is 0.806. The second-order valence-corrected chi connectivity index (χ2v) is 5.31. The van der Waals surface area contributed by atoms with Crippen molar-refractivity contribution in [1.29, 1.82) is 0 Å². The van der Waals surface area contributed by atoms with Crippen LogP contribution in [-0.4, -0.2) is 22.2 Å². The highest BCUT2D eigenvalue weighted by Crippen LogP contribution is 2.19. The van der Waals surface area contributed by atoms with Crippen molar-refractivity contribution in [3.05, 3.63) is 39.4 Å². The first-order valence-electron chi connectivity index (χ1n) is 5.09. The van der Waals surface area contributed by atoms with E-state index in [4.69, 9.17) is 0 Å². The van der Waals surface area contributed by atoms with E-state index in [1.165, 1.54) is 6.07 Å². The molecule has 1 aromatic rings. The Morgan fingerprint density at radius 3 is 2.76 bits per heavy atom. The van der Waals surface area contributed by atoms with Gasteiger partial charge in [0.25, 0.3) is 11.6 Å². The summed E-state index contributed by atoms with van der Waals surface area (Å²) in [6, 6.07) is 4.45. The van der Waals surface area contributed by atoms with Gasteiger partial charge in [0.1, 0.15) is 0 Å². The van der Waals surface area contributed by atoms with E-state index in [0.29, 0.717) is 17.7 Å². The van der Waals surface area contributed by atoms with E-state index in [2.05, 4.69) is 21.2 Å². The van der Waals surface area contributed by atoms with Gasteiger partial charge in [-0.3, -0.25) is 14.9 Å². The van der Waals surface area contributed by atoms with E-state index in [-0.39, 0.29) is 16.4 Å². The molecule has 0 radical (unpaired) electrons. The van der Waals surface area contributed by atoms with Crippen LogP contribution in [0.2, 0.25) is 0 Å². The first-order chi connectivity index (χ1) is 7.91. The van der Waals surface area contributed by atoms with Gasteiger partial charge in [-0.1, -0.05) is 28.9 Å². The van der Waals surface area contributed by atoms with Crippen LogP contribution >= 0.6 is 15.9 Å². The summed E-state index contributed by atoms with van der Waals surface area (Å²) < 4.78 is 0. The van der Waals surface area contributed by atoms with Gasteiger partial charge in [-0.2, -0.15) is 0 Å². The lowest BCUT2D eigenvalue weighted by Crippen LogP contribution is -2.28. The van der Waals surface area contributed by atoms with E-state index < -0.39 is 4.92 Å². The van der Waals surface area contributed by atoms with Gasteiger partial charge in [0.15, 0.2) is 0 Å². The molecule has 1 aromatic carbocycles. The number of benzene rings is 1. The molecule has 6 heteroatoms. The molecule has 0 fully saturated rings. The Morgan fingerprint density at radius 1 is 1.59 bits per heavy atom. The maximum atomic E-state index is 11.7. The zero-order valence-corrected chi connectivity index (χ0v) is 11.2. The topological polar surface area (TPSA) is 72.2 Å². The van der Waals surface area contributed by atoms with Gasteiger partial charge in [0.05, 0.1) is 4.92 Å². The normalized spacial score (nSPS) is 11.9. The molecule has 1 N–H and O–H groups in total. The molecular formula is C11H13BrN2O3. The molecule has 5 nitrogen and oxygen atoms in total. The van der Waals surface area contributed by atoms with Crippen molar-refractivity contribution in [3.63, 3.8) is 0 Å². The Labute approximate surface area is 107 Å². The Hall–Kier alpha value is -1.43. The van der Waals surface area contributed by atoms with Gasteiger partial charge in [0, 0.05) is 28.6 Å². The summed E-state index contributed by atoms with van der Waals surface area (Å²) in [6.45, 7) is 4.01. The van der Waals surface area contributed by atoms with Crippen molar-refractivity contribution in [2.24, 2.45) is 0 Å². The van der Waals surface area contributed by atoms with E-state index in [0.717, 1.165) is 0 Å². The summed E-state index contributed by atoms with van der Waals surface area (Å²) in [7, 11) is 0. The van der Waals surface area contributed by atoms with Crippen LogP contribution in [0.4, 0.5) is 5.69 Å². The number of aryl methyl sites for hydroxylation is 1. The lowest BCUT2D eigenvalue weighted by Gasteiger charge is -2.07. The van der Waals surface area contributed by atoms with Crippen LogP contribution < -0.4 is 5.32 Å². The molecule has 0 aliphatic carbocycles. The van der Waals surface area contributed by atoms with E-state index >= 15 is 0 Å². The van der Waals surface area contributed by atoms with Gasteiger partial charge >= 0.3 is 0 Å². The lowest BCUT2D eigenvalue weighted by molar-refractivity contribution is -0.385. The maximum Gasteiger partial charge on any atom is 0.273 e. The summed E-state index contributed by atoms with van der Waals surface area (Å²) >= 11 is 3.30. The number of nitro benzene ring substituents is 1. The quantitative estimate of drug-likeness (QED) is 0.527. The predicted molar refractivity (Wildman–Crippen MR) is 68.6 cm³/mol. The van der Waals surface area contributed by atoms with Crippen LogP contribution in [0.5, 0.6) is 0 Å². The van der Waals surface area contributed by atoms with Gasteiger partial charge in [-0.15, -0.1) is 0 Å². The first-order valence-corrected chi connectivity index (χ1v) is 6.00. The number of amides is 1. The summed E-state index contributed by atoms with van der Waals surface area (Å²) in [6.07, 6.45) is 0. The van der Waals surface area contributed by atoms with Crippen LogP contribution in [0.1, 0.15) is 22.8 Å². The Kier molecular flexibility index (Phi) is 4.62. The van der Waals surface area contributed by atoms with Crippen LogP contribution in [0.3, 0.4) is 0 Å². The number of alkyl halides is 1. The highest BCUT2D eigenvalue weighted by atomic mass is 79.9. The SMILES string of the molecule is Cc1ccc(C(=O)NCC(C)Br)cc1[N+](=O)[O-]. The van der Waals surface area contributed by atoms with E-state index in [1.807, 2.05) is 6.92 Å². The number of hydrogen-bond donors (Lipinski definition) is 1.